The molecule has 2 aliphatic rings. The number of rotatable bonds is 3. The summed E-state index contributed by atoms with van der Waals surface area (Å²) in [6, 6.07) is 2.50. The third kappa shape index (κ3) is 2.65. The van der Waals surface area contributed by atoms with Gasteiger partial charge in [0.15, 0.2) is 5.82 Å². The van der Waals surface area contributed by atoms with E-state index < -0.39 is 30.8 Å². The maximum Gasteiger partial charge on any atom is 0.273 e. The third-order valence-electron chi connectivity index (χ3n) is 4.43. The average Bonchev–Trinajstić information content (AvgIpc) is 3.18. The van der Waals surface area contributed by atoms with Crippen molar-refractivity contribution in [1.29, 1.82) is 0 Å². The van der Waals surface area contributed by atoms with E-state index in [1.165, 1.54) is 6.20 Å². The predicted octanol–water partition coefficient (Wildman–Crippen LogP) is 2.87. The molecule has 2 aromatic heterocycles. The molecule has 0 aromatic carbocycles. The molecule has 2 fully saturated rings. The van der Waals surface area contributed by atoms with Crippen molar-refractivity contribution in [1.82, 2.24) is 20.0 Å². The molecule has 1 aliphatic heterocycles. The van der Waals surface area contributed by atoms with Gasteiger partial charge in [0.2, 0.25) is 5.89 Å². The Morgan fingerprint density at radius 3 is 2.92 bits per heavy atom. The van der Waals surface area contributed by atoms with Gasteiger partial charge in [-0.3, -0.25) is 9.78 Å². The van der Waals surface area contributed by atoms with Crippen LogP contribution in [0.3, 0.4) is 0 Å². The summed E-state index contributed by atoms with van der Waals surface area (Å²) in [5.74, 6) is -2.65. The smallest absolute Gasteiger partial charge is 0.273 e. The highest BCUT2D eigenvalue weighted by atomic mass is 19.3. The minimum Gasteiger partial charge on any atom is -0.337 e. The van der Waals surface area contributed by atoms with Crippen molar-refractivity contribution in [2.24, 2.45) is 0 Å². The lowest BCUT2D eigenvalue weighted by Gasteiger charge is -2.21. The first-order valence-corrected chi connectivity index (χ1v) is 7.88. The van der Waals surface area contributed by atoms with Crippen LogP contribution in [0.1, 0.15) is 59.0 Å². The molecule has 126 valence electrons. The summed E-state index contributed by atoms with van der Waals surface area (Å²) in [7, 11) is 0. The van der Waals surface area contributed by atoms with Crippen LogP contribution in [0.4, 0.5) is 8.78 Å². The SMILES string of the molecule is Cc1cccnc1C(=O)N1CC(F)(F)C[C@H]1c1nc(C2CC2)no1. The van der Waals surface area contributed by atoms with Crippen molar-refractivity contribution in [3.05, 3.63) is 41.3 Å². The van der Waals surface area contributed by atoms with Gasteiger partial charge in [-0.25, -0.2) is 8.78 Å². The molecule has 4 rings (SSSR count). The molecule has 2 aromatic rings. The zero-order valence-corrected chi connectivity index (χ0v) is 13.1. The van der Waals surface area contributed by atoms with Gasteiger partial charge in [0.1, 0.15) is 11.7 Å². The van der Waals surface area contributed by atoms with Gasteiger partial charge in [0.25, 0.3) is 11.8 Å². The Hall–Kier alpha value is -2.38. The number of carbonyl (C=O) groups is 1. The Bertz CT molecular complexity index is 788. The van der Waals surface area contributed by atoms with E-state index in [1.807, 2.05) is 0 Å². The van der Waals surface area contributed by atoms with E-state index in [0.29, 0.717) is 11.4 Å². The van der Waals surface area contributed by atoms with E-state index in [4.69, 9.17) is 4.52 Å². The van der Waals surface area contributed by atoms with Crippen molar-refractivity contribution in [2.45, 2.75) is 44.1 Å². The van der Waals surface area contributed by atoms with Crippen molar-refractivity contribution >= 4 is 5.91 Å². The number of alkyl halides is 2. The lowest BCUT2D eigenvalue weighted by atomic mass is 10.1. The number of amides is 1. The summed E-state index contributed by atoms with van der Waals surface area (Å²) in [5.41, 5.74) is 0.808. The van der Waals surface area contributed by atoms with Gasteiger partial charge in [-0.15, -0.1) is 0 Å². The second-order valence-corrected chi connectivity index (χ2v) is 6.44. The standard InChI is InChI=1S/C16H16F2N4O2/c1-9-3-2-6-19-12(9)15(23)22-8-16(17,18)7-11(22)14-20-13(21-24-14)10-4-5-10/h2-3,6,10-11H,4-5,7-8H2,1H3/t11-/m0/s1. The largest absolute Gasteiger partial charge is 0.337 e. The predicted molar refractivity (Wildman–Crippen MR) is 78.6 cm³/mol. The first kappa shape index (κ1) is 15.2. The fourth-order valence-electron chi connectivity index (χ4n) is 2.99. The number of hydrogen-bond donors (Lipinski definition) is 0. The van der Waals surface area contributed by atoms with E-state index in [-0.39, 0.29) is 17.5 Å². The molecule has 0 bridgehead atoms. The van der Waals surface area contributed by atoms with Gasteiger partial charge < -0.3 is 9.42 Å². The molecule has 8 heteroatoms. The zero-order valence-electron chi connectivity index (χ0n) is 13.1. The van der Waals surface area contributed by atoms with E-state index >= 15 is 0 Å². The lowest BCUT2D eigenvalue weighted by Crippen LogP contribution is -2.34. The molecule has 3 heterocycles. The Morgan fingerprint density at radius 1 is 1.42 bits per heavy atom. The minimum absolute atomic E-state index is 0.0796. The van der Waals surface area contributed by atoms with Crippen LogP contribution in [0.15, 0.2) is 22.9 Å². The normalized spacial score (nSPS) is 22.8. The van der Waals surface area contributed by atoms with Crippen LogP contribution in [0, 0.1) is 6.92 Å². The second kappa shape index (κ2) is 5.32. The molecule has 0 unspecified atom stereocenters. The molecule has 0 spiro atoms. The molecule has 1 aliphatic carbocycles. The van der Waals surface area contributed by atoms with Gasteiger partial charge in [0, 0.05) is 18.5 Å². The molecule has 6 nitrogen and oxygen atoms in total. The third-order valence-corrected chi connectivity index (χ3v) is 4.43. The fraction of sp³-hybridized carbons (Fsp3) is 0.500. The van der Waals surface area contributed by atoms with Crippen LogP contribution in [0.25, 0.3) is 0 Å². The van der Waals surface area contributed by atoms with Crippen LogP contribution in [0.5, 0.6) is 0 Å². The summed E-state index contributed by atoms with van der Waals surface area (Å²) in [6.45, 7) is 1.05. The Kier molecular flexibility index (Phi) is 3.36. The van der Waals surface area contributed by atoms with Gasteiger partial charge in [-0.2, -0.15) is 4.98 Å². The van der Waals surface area contributed by atoms with E-state index in [9.17, 15) is 13.6 Å². The number of pyridine rings is 1. The van der Waals surface area contributed by atoms with E-state index in [2.05, 4.69) is 15.1 Å². The van der Waals surface area contributed by atoms with Crippen LogP contribution in [-0.4, -0.2) is 38.4 Å². The maximum atomic E-state index is 14.0. The maximum absolute atomic E-state index is 14.0. The monoisotopic (exact) mass is 334 g/mol. The van der Waals surface area contributed by atoms with Crippen LogP contribution in [0.2, 0.25) is 0 Å². The molecule has 0 N–H and O–H groups in total. The number of aromatic nitrogens is 3. The summed E-state index contributed by atoms with van der Waals surface area (Å²) in [6.07, 6.45) is 2.92. The van der Waals surface area contributed by atoms with Gasteiger partial charge in [0.05, 0.1) is 6.54 Å². The number of aryl methyl sites for hydroxylation is 1. The first-order chi connectivity index (χ1) is 11.4. The van der Waals surface area contributed by atoms with Crippen molar-refractivity contribution in [3.8, 4) is 0 Å². The number of nitrogens with zero attached hydrogens (tertiary/aromatic N) is 4. The summed E-state index contributed by atoms with van der Waals surface area (Å²) >= 11 is 0. The molecular formula is C16H16F2N4O2. The quantitative estimate of drug-likeness (QED) is 0.863. The topological polar surface area (TPSA) is 72.1 Å². The van der Waals surface area contributed by atoms with Gasteiger partial charge in [-0.1, -0.05) is 11.2 Å². The molecule has 1 saturated heterocycles. The Labute approximate surface area is 136 Å². The Balaban J connectivity index is 1.66. The lowest BCUT2D eigenvalue weighted by molar-refractivity contribution is 0.0116. The molecule has 1 amide bonds. The first-order valence-electron chi connectivity index (χ1n) is 7.88. The van der Waals surface area contributed by atoms with Crippen molar-refractivity contribution in [2.75, 3.05) is 6.54 Å². The van der Waals surface area contributed by atoms with Crippen LogP contribution in [-0.2, 0) is 0 Å². The molecule has 24 heavy (non-hydrogen) atoms. The Morgan fingerprint density at radius 2 is 2.21 bits per heavy atom. The minimum atomic E-state index is -2.99. The van der Waals surface area contributed by atoms with E-state index in [1.54, 1.807) is 19.1 Å². The molecular weight excluding hydrogens is 318 g/mol. The average molecular weight is 334 g/mol. The van der Waals surface area contributed by atoms with Crippen molar-refractivity contribution in [3.63, 3.8) is 0 Å². The fourth-order valence-corrected chi connectivity index (χ4v) is 2.99. The highest BCUT2D eigenvalue weighted by Gasteiger charge is 2.50. The zero-order chi connectivity index (χ0) is 16.9. The number of hydrogen-bond acceptors (Lipinski definition) is 5. The molecule has 0 radical (unpaired) electrons. The second-order valence-electron chi connectivity index (χ2n) is 6.44. The van der Waals surface area contributed by atoms with Crippen molar-refractivity contribution < 1.29 is 18.1 Å². The summed E-state index contributed by atoms with van der Waals surface area (Å²) in [4.78, 5) is 22.1. The highest BCUT2D eigenvalue weighted by molar-refractivity contribution is 5.94. The number of likely N-dealkylation sites (tertiary alicyclic amines) is 1. The number of carbonyl (C=O) groups excluding carboxylic acids is 1. The molecule has 1 saturated carbocycles. The van der Waals surface area contributed by atoms with E-state index in [0.717, 1.165) is 17.7 Å². The van der Waals surface area contributed by atoms with Gasteiger partial charge in [-0.05, 0) is 31.4 Å². The van der Waals surface area contributed by atoms with Crippen LogP contribution >= 0.6 is 0 Å². The van der Waals surface area contributed by atoms with Gasteiger partial charge >= 0.3 is 0 Å². The summed E-state index contributed by atoms with van der Waals surface area (Å²) < 4.78 is 33.1. The highest BCUT2D eigenvalue weighted by Crippen LogP contribution is 2.43. The molecule has 1 atom stereocenters. The number of halogens is 2. The summed E-state index contributed by atoms with van der Waals surface area (Å²) in [5, 5.41) is 3.87. The van der Waals surface area contributed by atoms with Crippen LogP contribution < -0.4 is 0 Å².